The second-order valence-corrected chi connectivity index (χ2v) is 7.42. The molecule has 0 aliphatic heterocycles. The van der Waals surface area contributed by atoms with E-state index in [2.05, 4.69) is 25.3 Å². The average Bonchev–Trinajstić information content (AvgIpc) is 2.59. The minimum atomic E-state index is -3.68. The zero-order chi connectivity index (χ0) is 19.2. The molecule has 1 aromatic carbocycles. The van der Waals surface area contributed by atoms with E-state index in [1.165, 1.54) is 19.1 Å². The van der Waals surface area contributed by atoms with Crippen LogP contribution in [-0.4, -0.2) is 43.8 Å². The zero-order valence-corrected chi connectivity index (χ0v) is 15.9. The van der Waals surface area contributed by atoms with Gasteiger partial charge in [0.25, 0.3) is 0 Å². The highest BCUT2D eigenvalue weighted by molar-refractivity contribution is 7.89. The Bertz CT molecular complexity index is 884. The fourth-order valence-electron chi connectivity index (χ4n) is 2.24. The number of nitrogens with zero attached hydrogens (tertiary/aromatic N) is 2. The van der Waals surface area contributed by atoms with Crippen LogP contribution in [0.15, 0.2) is 35.2 Å². The van der Waals surface area contributed by atoms with Crippen molar-refractivity contribution in [1.82, 2.24) is 14.7 Å². The molecule has 8 nitrogen and oxygen atoms in total. The fourth-order valence-corrected chi connectivity index (χ4v) is 3.32. The van der Waals surface area contributed by atoms with Crippen LogP contribution in [0.25, 0.3) is 0 Å². The number of aromatic nitrogens is 2. The van der Waals surface area contributed by atoms with Crippen LogP contribution in [0.3, 0.4) is 0 Å². The second kappa shape index (κ2) is 8.72. The van der Waals surface area contributed by atoms with E-state index in [-0.39, 0.29) is 17.2 Å². The molecule has 0 fully saturated rings. The first-order valence-electron chi connectivity index (χ1n) is 8.26. The Morgan fingerprint density at radius 2 is 1.88 bits per heavy atom. The molecule has 0 amide bonds. The van der Waals surface area contributed by atoms with Crippen LogP contribution in [0.5, 0.6) is 0 Å². The van der Waals surface area contributed by atoms with E-state index in [1.807, 2.05) is 13.8 Å². The van der Waals surface area contributed by atoms with Gasteiger partial charge in [-0.2, -0.15) is 4.98 Å². The van der Waals surface area contributed by atoms with Gasteiger partial charge in [-0.1, -0.05) is 12.1 Å². The van der Waals surface area contributed by atoms with E-state index in [0.717, 1.165) is 5.69 Å². The van der Waals surface area contributed by atoms with Crippen molar-refractivity contribution in [2.75, 3.05) is 30.3 Å². The quantitative estimate of drug-likeness (QED) is 0.451. The third kappa shape index (κ3) is 5.50. The van der Waals surface area contributed by atoms with E-state index in [0.29, 0.717) is 30.4 Å². The maximum Gasteiger partial charge on any atom is 0.240 e. The zero-order valence-electron chi connectivity index (χ0n) is 15.0. The Hall–Kier alpha value is -2.52. The summed E-state index contributed by atoms with van der Waals surface area (Å²) in [5, 5.41) is 6.10. The number of Topliss-reactive ketones (excluding diaryl/α,β-unsaturated/α-hetero) is 1. The van der Waals surface area contributed by atoms with Gasteiger partial charge in [-0.15, -0.1) is 0 Å². The van der Waals surface area contributed by atoms with Gasteiger partial charge in [0.05, 0.1) is 4.90 Å². The van der Waals surface area contributed by atoms with Gasteiger partial charge in [-0.25, -0.2) is 18.1 Å². The highest BCUT2D eigenvalue weighted by atomic mass is 32.2. The molecule has 0 unspecified atom stereocenters. The van der Waals surface area contributed by atoms with Crippen LogP contribution in [0.1, 0.15) is 29.9 Å². The van der Waals surface area contributed by atoms with Crippen LogP contribution in [-0.2, 0) is 10.0 Å². The number of carbonyl (C=O) groups is 1. The topological polar surface area (TPSA) is 113 Å². The predicted molar refractivity (Wildman–Crippen MR) is 101 cm³/mol. The second-order valence-electron chi connectivity index (χ2n) is 5.66. The monoisotopic (exact) mass is 377 g/mol. The van der Waals surface area contributed by atoms with Crippen LogP contribution in [0.2, 0.25) is 0 Å². The van der Waals surface area contributed by atoms with Gasteiger partial charge < -0.3 is 10.6 Å². The largest absolute Gasteiger partial charge is 0.369 e. The van der Waals surface area contributed by atoms with Crippen molar-refractivity contribution in [3.05, 3.63) is 41.6 Å². The molecule has 0 aliphatic rings. The standard InChI is InChI=1S/C17H23N5O3S/c1-4-18-17-21-12(2)10-16(22-17)19-8-9-20-26(24,25)15-7-5-6-14(11-15)13(3)23/h5-7,10-11,20H,4,8-9H2,1-3H3,(H2,18,19,21,22). The Balaban J connectivity index is 1.95. The Morgan fingerprint density at radius 1 is 1.12 bits per heavy atom. The van der Waals surface area contributed by atoms with Gasteiger partial charge in [0.1, 0.15) is 5.82 Å². The summed E-state index contributed by atoms with van der Waals surface area (Å²) >= 11 is 0. The lowest BCUT2D eigenvalue weighted by molar-refractivity contribution is 0.101. The van der Waals surface area contributed by atoms with E-state index in [1.54, 1.807) is 18.2 Å². The van der Waals surface area contributed by atoms with Gasteiger partial charge in [-0.05, 0) is 32.9 Å². The molecule has 1 aromatic heterocycles. The number of aryl methyl sites for hydroxylation is 1. The number of sulfonamides is 1. The smallest absolute Gasteiger partial charge is 0.240 e. The van der Waals surface area contributed by atoms with Crippen molar-refractivity contribution in [1.29, 1.82) is 0 Å². The summed E-state index contributed by atoms with van der Waals surface area (Å²) in [6, 6.07) is 7.75. The number of benzene rings is 1. The van der Waals surface area contributed by atoms with E-state index >= 15 is 0 Å². The van der Waals surface area contributed by atoms with Gasteiger partial charge in [-0.3, -0.25) is 4.79 Å². The van der Waals surface area contributed by atoms with E-state index in [9.17, 15) is 13.2 Å². The summed E-state index contributed by atoms with van der Waals surface area (Å²) in [6.07, 6.45) is 0. The third-order valence-corrected chi connectivity index (χ3v) is 4.92. The Morgan fingerprint density at radius 3 is 2.58 bits per heavy atom. The molecule has 0 aliphatic carbocycles. The molecule has 0 radical (unpaired) electrons. The normalized spacial score (nSPS) is 11.2. The van der Waals surface area contributed by atoms with Crippen LogP contribution < -0.4 is 15.4 Å². The van der Waals surface area contributed by atoms with Crippen molar-refractivity contribution in [2.24, 2.45) is 0 Å². The Labute approximate surface area is 153 Å². The maximum atomic E-state index is 12.3. The number of nitrogens with one attached hydrogen (secondary N) is 3. The first-order chi connectivity index (χ1) is 12.3. The molecule has 140 valence electrons. The van der Waals surface area contributed by atoms with Gasteiger partial charge in [0.15, 0.2) is 5.78 Å². The van der Waals surface area contributed by atoms with Crippen molar-refractivity contribution in [3.8, 4) is 0 Å². The number of ketones is 1. The number of hydrogen-bond donors (Lipinski definition) is 3. The molecule has 3 N–H and O–H groups in total. The fraction of sp³-hybridized carbons (Fsp3) is 0.353. The van der Waals surface area contributed by atoms with Crippen molar-refractivity contribution in [3.63, 3.8) is 0 Å². The first-order valence-corrected chi connectivity index (χ1v) is 9.74. The molecule has 0 saturated carbocycles. The minimum Gasteiger partial charge on any atom is -0.369 e. The summed E-state index contributed by atoms with van der Waals surface area (Å²) in [5.41, 5.74) is 1.17. The molecule has 26 heavy (non-hydrogen) atoms. The molecule has 2 rings (SSSR count). The molecule has 0 spiro atoms. The average molecular weight is 377 g/mol. The lowest BCUT2D eigenvalue weighted by Gasteiger charge is -2.10. The van der Waals surface area contributed by atoms with E-state index < -0.39 is 10.0 Å². The summed E-state index contributed by atoms with van der Waals surface area (Å²) in [5.74, 6) is 0.960. The molecular weight excluding hydrogens is 354 g/mol. The van der Waals surface area contributed by atoms with Crippen LogP contribution in [0, 0.1) is 6.92 Å². The molecular formula is C17H23N5O3S. The van der Waals surface area contributed by atoms with Crippen molar-refractivity contribution >= 4 is 27.6 Å². The lowest BCUT2D eigenvalue weighted by Crippen LogP contribution is -2.29. The van der Waals surface area contributed by atoms with Crippen molar-refractivity contribution in [2.45, 2.75) is 25.7 Å². The molecule has 0 saturated heterocycles. The summed E-state index contributed by atoms with van der Waals surface area (Å²) in [4.78, 5) is 20.0. The van der Waals surface area contributed by atoms with Gasteiger partial charge >= 0.3 is 0 Å². The van der Waals surface area contributed by atoms with Gasteiger partial charge in [0, 0.05) is 37.0 Å². The molecule has 0 atom stereocenters. The molecule has 9 heteroatoms. The summed E-state index contributed by atoms with van der Waals surface area (Å²) in [7, 11) is -3.68. The SMILES string of the molecule is CCNc1nc(C)cc(NCCNS(=O)(=O)c2cccc(C(C)=O)c2)n1. The van der Waals surface area contributed by atoms with E-state index in [4.69, 9.17) is 0 Å². The van der Waals surface area contributed by atoms with Gasteiger partial charge in [0.2, 0.25) is 16.0 Å². The number of hydrogen-bond acceptors (Lipinski definition) is 7. The predicted octanol–water partition coefficient (Wildman–Crippen LogP) is 1.81. The van der Waals surface area contributed by atoms with Crippen molar-refractivity contribution < 1.29 is 13.2 Å². The molecule has 2 aromatic rings. The van der Waals surface area contributed by atoms with Crippen LogP contribution in [0.4, 0.5) is 11.8 Å². The maximum absolute atomic E-state index is 12.3. The third-order valence-electron chi connectivity index (χ3n) is 3.46. The number of anilines is 2. The Kier molecular flexibility index (Phi) is 6.64. The first kappa shape index (κ1) is 19.8. The summed E-state index contributed by atoms with van der Waals surface area (Å²) < 4.78 is 27.2. The number of rotatable bonds is 9. The summed E-state index contributed by atoms with van der Waals surface area (Å²) in [6.45, 7) is 6.45. The highest BCUT2D eigenvalue weighted by Crippen LogP contribution is 2.12. The number of carbonyl (C=O) groups excluding carboxylic acids is 1. The molecule has 0 bridgehead atoms. The minimum absolute atomic E-state index is 0.0671. The van der Waals surface area contributed by atoms with Crippen LogP contribution >= 0.6 is 0 Å². The highest BCUT2D eigenvalue weighted by Gasteiger charge is 2.14. The lowest BCUT2D eigenvalue weighted by atomic mass is 10.2. The molecule has 1 heterocycles.